The molecule has 0 spiro atoms. The standard InChI is InChI=1S/C24H27ClF3NO/c1-15(2)18-11-6-10-17(18)14-21(16-8-4-3-5-9-16)29-23(30)19-12-7-13-20(22(19)25)24(26,27)28/h3-5,7-9,12-13,15,17-18,21H,6,10-11,14H2,1-2H3,(H,29,30)/t17?,18?,21-/m1/s1. The van der Waals surface area contributed by atoms with E-state index in [1.807, 2.05) is 30.3 Å². The third-order valence-electron chi connectivity index (χ3n) is 6.17. The van der Waals surface area contributed by atoms with Gasteiger partial charge in [0, 0.05) is 0 Å². The lowest BCUT2D eigenvalue weighted by molar-refractivity contribution is -0.137. The fourth-order valence-electron chi connectivity index (χ4n) is 4.66. The van der Waals surface area contributed by atoms with Gasteiger partial charge in [0.25, 0.3) is 5.91 Å². The molecule has 1 saturated carbocycles. The second-order valence-corrected chi connectivity index (χ2v) is 8.81. The molecule has 3 rings (SSSR count). The highest BCUT2D eigenvalue weighted by Gasteiger charge is 2.36. The molecule has 30 heavy (non-hydrogen) atoms. The van der Waals surface area contributed by atoms with Gasteiger partial charge in [-0.25, -0.2) is 0 Å². The molecular formula is C24H27ClF3NO. The Balaban J connectivity index is 1.86. The molecule has 1 fully saturated rings. The summed E-state index contributed by atoms with van der Waals surface area (Å²) in [4.78, 5) is 13.0. The first-order valence-electron chi connectivity index (χ1n) is 10.4. The van der Waals surface area contributed by atoms with E-state index in [1.165, 1.54) is 25.0 Å². The summed E-state index contributed by atoms with van der Waals surface area (Å²) in [5.74, 6) is 1.03. The van der Waals surface area contributed by atoms with Crippen LogP contribution in [0.3, 0.4) is 0 Å². The molecule has 0 saturated heterocycles. The third kappa shape index (κ3) is 5.18. The van der Waals surface area contributed by atoms with Crippen molar-refractivity contribution in [3.05, 3.63) is 70.2 Å². The third-order valence-corrected chi connectivity index (χ3v) is 6.58. The van der Waals surface area contributed by atoms with Crippen LogP contribution in [-0.2, 0) is 6.18 Å². The second-order valence-electron chi connectivity index (χ2n) is 8.44. The Morgan fingerprint density at radius 1 is 1.10 bits per heavy atom. The summed E-state index contributed by atoms with van der Waals surface area (Å²) >= 11 is 5.97. The molecule has 2 aromatic rings. The smallest absolute Gasteiger partial charge is 0.345 e. The fourth-order valence-corrected chi connectivity index (χ4v) is 4.98. The average molecular weight is 438 g/mol. The van der Waals surface area contributed by atoms with Gasteiger partial charge < -0.3 is 5.32 Å². The number of halogens is 4. The number of hydrogen-bond acceptors (Lipinski definition) is 1. The van der Waals surface area contributed by atoms with E-state index in [-0.39, 0.29) is 11.6 Å². The van der Waals surface area contributed by atoms with E-state index in [4.69, 9.17) is 11.6 Å². The summed E-state index contributed by atoms with van der Waals surface area (Å²) in [5.41, 5.74) is -0.202. The van der Waals surface area contributed by atoms with E-state index in [1.54, 1.807) is 0 Å². The predicted molar refractivity (Wildman–Crippen MR) is 113 cm³/mol. The van der Waals surface area contributed by atoms with Crippen LogP contribution in [0.4, 0.5) is 13.2 Å². The molecule has 3 atom stereocenters. The Bertz CT molecular complexity index is 866. The molecule has 2 unspecified atom stereocenters. The normalized spacial score (nSPS) is 20.4. The molecule has 2 aromatic carbocycles. The Morgan fingerprint density at radius 3 is 2.43 bits per heavy atom. The van der Waals surface area contributed by atoms with E-state index >= 15 is 0 Å². The summed E-state index contributed by atoms with van der Waals surface area (Å²) < 4.78 is 39.6. The zero-order chi connectivity index (χ0) is 21.9. The van der Waals surface area contributed by atoms with Crippen molar-refractivity contribution in [2.24, 2.45) is 17.8 Å². The van der Waals surface area contributed by atoms with Gasteiger partial charge in [0.05, 0.1) is 22.2 Å². The highest BCUT2D eigenvalue weighted by Crippen LogP contribution is 2.42. The fraction of sp³-hybridized carbons (Fsp3) is 0.458. The molecule has 1 aliphatic carbocycles. The first-order valence-corrected chi connectivity index (χ1v) is 10.8. The van der Waals surface area contributed by atoms with Crippen LogP contribution in [0.1, 0.15) is 67.1 Å². The van der Waals surface area contributed by atoms with Gasteiger partial charge >= 0.3 is 6.18 Å². The minimum absolute atomic E-state index is 0.153. The maximum absolute atomic E-state index is 13.2. The summed E-state index contributed by atoms with van der Waals surface area (Å²) in [6.07, 6.45) is -0.401. The highest BCUT2D eigenvalue weighted by atomic mass is 35.5. The Kier molecular flexibility index (Phi) is 7.12. The maximum Gasteiger partial charge on any atom is 0.417 e. The van der Waals surface area contributed by atoms with Crippen molar-refractivity contribution in [3.63, 3.8) is 0 Å². The molecule has 0 heterocycles. The van der Waals surface area contributed by atoms with Crippen LogP contribution in [0.2, 0.25) is 5.02 Å². The van der Waals surface area contributed by atoms with E-state index in [2.05, 4.69) is 19.2 Å². The lowest BCUT2D eigenvalue weighted by atomic mass is 9.81. The number of carbonyl (C=O) groups is 1. The van der Waals surface area contributed by atoms with Gasteiger partial charge in [-0.3, -0.25) is 4.79 Å². The number of rotatable bonds is 6. The summed E-state index contributed by atoms with van der Waals surface area (Å²) in [7, 11) is 0. The molecule has 6 heteroatoms. The first-order chi connectivity index (χ1) is 14.2. The topological polar surface area (TPSA) is 29.1 Å². The quantitative estimate of drug-likeness (QED) is 0.505. The molecule has 0 aliphatic heterocycles. The number of carbonyl (C=O) groups excluding carboxylic acids is 1. The zero-order valence-corrected chi connectivity index (χ0v) is 17.9. The molecule has 1 aliphatic rings. The number of benzene rings is 2. The predicted octanol–water partition coefficient (Wildman–Crippen LogP) is 7.29. The first kappa shape index (κ1) is 22.7. The van der Waals surface area contributed by atoms with Crippen molar-refractivity contribution in [2.45, 2.75) is 51.7 Å². The average Bonchev–Trinajstić information content (AvgIpc) is 3.16. The molecule has 1 amide bonds. The van der Waals surface area contributed by atoms with Crippen LogP contribution in [0, 0.1) is 17.8 Å². The van der Waals surface area contributed by atoms with Gasteiger partial charge in [-0.1, -0.05) is 74.7 Å². The number of hydrogen-bond donors (Lipinski definition) is 1. The van der Waals surface area contributed by atoms with Crippen molar-refractivity contribution < 1.29 is 18.0 Å². The van der Waals surface area contributed by atoms with Gasteiger partial charge in [-0.05, 0) is 48.3 Å². The number of amides is 1. The van der Waals surface area contributed by atoms with Gasteiger partial charge in [-0.15, -0.1) is 0 Å². The number of alkyl halides is 3. The zero-order valence-electron chi connectivity index (χ0n) is 17.2. The Hall–Kier alpha value is -2.01. The van der Waals surface area contributed by atoms with E-state index in [0.29, 0.717) is 17.8 Å². The lowest BCUT2D eigenvalue weighted by Gasteiger charge is -2.28. The molecule has 2 nitrogen and oxygen atoms in total. The van der Waals surface area contributed by atoms with E-state index in [0.717, 1.165) is 24.5 Å². The molecular weight excluding hydrogens is 411 g/mol. The van der Waals surface area contributed by atoms with E-state index in [9.17, 15) is 18.0 Å². The van der Waals surface area contributed by atoms with Crippen LogP contribution >= 0.6 is 11.6 Å². The minimum atomic E-state index is -4.61. The second kappa shape index (κ2) is 9.42. The molecule has 1 N–H and O–H groups in total. The van der Waals surface area contributed by atoms with Gasteiger partial charge in [0.1, 0.15) is 0 Å². The monoisotopic (exact) mass is 437 g/mol. The minimum Gasteiger partial charge on any atom is -0.345 e. The van der Waals surface area contributed by atoms with Crippen molar-refractivity contribution >= 4 is 17.5 Å². The van der Waals surface area contributed by atoms with Crippen LogP contribution in [0.25, 0.3) is 0 Å². The van der Waals surface area contributed by atoms with Crippen LogP contribution in [-0.4, -0.2) is 5.91 Å². The Labute approximate surface area is 180 Å². The maximum atomic E-state index is 13.2. The van der Waals surface area contributed by atoms with Crippen molar-refractivity contribution in [1.29, 1.82) is 0 Å². The van der Waals surface area contributed by atoms with Crippen molar-refractivity contribution in [2.75, 3.05) is 0 Å². The largest absolute Gasteiger partial charge is 0.417 e. The SMILES string of the molecule is CC(C)C1CCCC1C[C@@H](NC(=O)c1cccc(C(F)(F)F)c1Cl)c1ccccc1. The molecule has 162 valence electrons. The summed E-state index contributed by atoms with van der Waals surface area (Å²) in [6, 6.07) is 12.7. The molecule has 0 bridgehead atoms. The van der Waals surface area contributed by atoms with E-state index < -0.39 is 22.7 Å². The molecule has 0 radical (unpaired) electrons. The number of nitrogens with one attached hydrogen (secondary N) is 1. The highest BCUT2D eigenvalue weighted by molar-refractivity contribution is 6.34. The van der Waals surface area contributed by atoms with Crippen LogP contribution in [0.5, 0.6) is 0 Å². The van der Waals surface area contributed by atoms with Gasteiger partial charge in [0.15, 0.2) is 0 Å². The molecule has 0 aromatic heterocycles. The van der Waals surface area contributed by atoms with Gasteiger partial charge in [-0.2, -0.15) is 13.2 Å². The summed E-state index contributed by atoms with van der Waals surface area (Å²) in [5, 5.41) is 2.40. The van der Waals surface area contributed by atoms with Crippen LogP contribution in [0.15, 0.2) is 48.5 Å². The van der Waals surface area contributed by atoms with Gasteiger partial charge in [0.2, 0.25) is 0 Å². The summed E-state index contributed by atoms with van der Waals surface area (Å²) in [6.45, 7) is 4.45. The Morgan fingerprint density at radius 2 is 1.80 bits per heavy atom. The van der Waals surface area contributed by atoms with Crippen molar-refractivity contribution in [1.82, 2.24) is 5.32 Å². The van der Waals surface area contributed by atoms with Crippen LogP contribution < -0.4 is 5.32 Å². The lowest BCUT2D eigenvalue weighted by Crippen LogP contribution is -2.31. The van der Waals surface area contributed by atoms with Crippen molar-refractivity contribution in [3.8, 4) is 0 Å².